The quantitative estimate of drug-likeness (QED) is 0.578. The molecule has 0 radical (unpaired) electrons. The van der Waals surface area contributed by atoms with Gasteiger partial charge in [-0.3, -0.25) is 9.59 Å². The first-order chi connectivity index (χ1) is 9.64. The van der Waals surface area contributed by atoms with E-state index in [-0.39, 0.29) is 23.8 Å². The van der Waals surface area contributed by atoms with Crippen molar-refractivity contribution in [1.29, 1.82) is 0 Å². The van der Waals surface area contributed by atoms with Crippen molar-refractivity contribution < 1.29 is 14.7 Å². The Labute approximate surface area is 128 Å². The molecule has 0 heterocycles. The molecule has 5 heteroatoms. The highest BCUT2D eigenvalue weighted by Gasteiger charge is 2.18. The monoisotopic (exact) mass is 300 g/mol. The number of carbonyl (C=O) groups is 2. The Morgan fingerprint density at radius 1 is 1.24 bits per heavy atom. The minimum atomic E-state index is -0.759. The molecule has 0 aromatic heterocycles. The predicted octanol–water partition coefficient (Wildman–Crippen LogP) is 2.54. The van der Waals surface area contributed by atoms with Crippen LogP contribution >= 0.6 is 0 Å². The summed E-state index contributed by atoms with van der Waals surface area (Å²) in [6.07, 6.45) is 3.80. The Bertz CT molecular complexity index is 324. The summed E-state index contributed by atoms with van der Waals surface area (Å²) in [5.41, 5.74) is 6.10. The van der Waals surface area contributed by atoms with E-state index in [1.807, 2.05) is 6.92 Å². The zero-order valence-corrected chi connectivity index (χ0v) is 13.9. The SMILES string of the molecule is CCC(CCNC(=O)CC(N)CC(C)(C)C)CCC(=O)O. The number of carboxylic acids is 1. The highest BCUT2D eigenvalue weighted by molar-refractivity contribution is 5.76. The van der Waals surface area contributed by atoms with Crippen molar-refractivity contribution in [3.8, 4) is 0 Å². The van der Waals surface area contributed by atoms with E-state index in [2.05, 4.69) is 26.1 Å². The van der Waals surface area contributed by atoms with Crippen molar-refractivity contribution >= 4 is 11.9 Å². The molecule has 0 fully saturated rings. The van der Waals surface area contributed by atoms with Crippen LogP contribution in [-0.2, 0) is 9.59 Å². The van der Waals surface area contributed by atoms with Gasteiger partial charge >= 0.3 is 5.97 Å². The zero-order chi connectivity index (χ0) is 16.5. The Morgan fingerprint density at radius 3 is 2.33 bits per heavy atom. The van der Waals surface area contributed by atoms with E-state index in [1.165, 1.54) is 0 Å². The second kappa shape index (κ2) is 9.77. The van der Waals surface area contributed by atoms with Gasteiger partial charge in [0.25, 0.3) is 0 Å². The normalized spacial score (nSPS) is 14.5. The summed E-state index contributed by atoms with van der Waals surface area (Å²) >= 11 is 0. The summed E-state index contributed by atoms with van der Waals surface area (Å²) in [5, 5.41) is 11.6. The van der Waals surface area contributed by atoms with Gasteiger partial charge in [-0.2, -0.15) is 0 Å². The standard InChI is InChI=1S/C16H32N2O3/c1-5-12(6-7-15(20)21)8-9-18-14(19)10-13(17)11-16(2,3)4/h12-13H,5-11,17H2,1-4H3,(H,18,19)(H,20,21). The van der Waals surface area contributed by atoms with Crippen LogP contribution in [0.3, 0.4) is 0 Å². The number of nitrogens with two attached hydrogens (primary N) is 1. The average Bonchev–Trinajstić information content (AvgIpc) is 2.30. The molecule has 0 aliphatic carbocycles. The first-order valence-electron chi connectivity index (χ1n) is 7.88. The molecule has 0 saturated carbocycles. The van der Waals surface area contributed by atoms with E-state index in [0.29, 0.717) is 25.3 Å². The zero-order valence-electron chi connectivity index (χ0n) is 13.9. The molecule has 0 spiro atoms. The summed E-state index contributed by atoms with van der Waals surface area (Å²) in [4.78, 5) is 22.3. The van der Waals surface area contributed by atoms with Crippen LogP contribution in [0.4, 0.5) is 0 Å². The predicted molar refractivity (Wildman–Crippen MR) is 84.9 cm³/mol. The van der Waals surface area contributed by atoms with Gasteiger partial charge < -0.3 is 16.2 Å². The fourth-order valence-electron chi connectivity index (χ4n) is 2.46. The lowest BCUT2D eigenvalue weighted by atomic mass is 9.87. The smallest absolute Gasteiger partial charge is 0.303 e. The van der Waals surface area contributed by atoms with Gasteiger partial charge in [0.1, 0.15) is 0 Å². The van der Waals surface area contributed by atoms with Crippen LogP contribution in [0.1, 0.15) is 66.2 Å². The Balaban J connectivity index is 3.89. The molecule has 0 aromatic rings. The third kappa shape index (κ3) is 12.4. The van der Waals surface area contributed by atoms with Crippen LogP contribution in [-0.4, -0.2) is 29.6 Å². The average molecular weight is 300 g/mol. The summed E-state index contributed by atoms with van der Waals surface area (Å²) in [5.74, 6) is -0.421. The molecule has 0 aliphatic heterocycles. The summed E-state index contributed by atoms with van der Waals surface area (Å²) in [6, 6.07) is -0.112. The van der Waals surface area contributed by atoms with Gasteiger partial charge in [0, 0.05) is 25.4 Å². The number of hydrogen-bond acceptors (Lipinski definition) is 3. The summed E-state index contributed by atoms with van der Waals surface area (Å²) < 4.78 is 0. The molecular formula is C16H32N2O3. The van der Waals surface area contributed by atoms with E-state index < -0.39 is 5.97 Å². The summed E-state index contributed by atoms with van der Waals surface area (Å²) in [7, 11) is 0. The Hall–Kier alpha value is -1.10. The largest absolute Gasteiger partial charge is 0.481 e. The lowest BCUT2D eigenvalue weighted by Gasteiger charge is -2.22. The first-order valence-corrected chi connectivity index (χ1v) is 7.88. The van der Waals surface area contributed by atoms with Gasteiger partial charge in [0.05, 0.1) is 0 Å². The number of rotatable bonds is 10. The fourth-order valence-corrected chi connectivity index (χ4v) is 2.46. The summed E-state index contributed by atoms with van der Waals surface area (Å²) in [6.45, 7) is 8.98. The molecule has 2 atom stereocenters. The van der Waals surface area contributed by atoms with Crippen LogP contribution in [0.2, 0.25) is 0 Å². The molecule has 0 saturated heterocycles. The van der Waals surface area contributed by atoms with Crippen molar-refractivity contribution in [3.05, 3.63) is 0 Å². The second-order valence-electron chi connectivity index (χ2n) is 7.07. The molecule has 0 aromatic carbocycles. The van der Waals surface area contributed by atoms with Gasteiger partial charge in [0.15, 0.2) is 0 Å². The van der Waals surface area contributed by atoms with E-state index in [1.54, 1.807) is 0 Å². The first kappa shape index (κ1) is 19.9. The molecule has 2 unspecified atom stereocenters. The minimum absolute atomic E-state index is 0.0140. The van der Waals surface area contributed by atoms with Gasteiger partial charge in [-0.25, -0.2) is 0 Å². The van der Waals surface area contributed by atoms with Gasteiger partial charge in [-0.05, 0) is 30.6 Å². The van der Waals surface area contributed by atoms with Crippen molar-refractivity contribution in [2.45, 2.75) is 72.3 Å². The molecule has 1 amide bonds. The maximum atomic E-state index is 11.8. The van der Waals surface area contributed by atoms with E-state index in [0.717, 1.165) is 19.3 Å². The Kier molecular flexibility index (Phi) is 9.26. The highest BCUT2D eigenvalue weighted by atomic mass is 16.4. The third-order valence-electron chi connectivity index (χ3n) is 3.54. The maximum absolute atomic E-state index is 11.8. The Morgan fingerprint density at radius 2 is 1.86 bits per heavy atom. The lowest BCUT2D eigenvalue weighted by molar-refractivity contribution is -0.137. The van der Waals surface area contributed by atoms with Crippen molar-refractivity contribution in [1.82, 2.24) is 5.32 Å². The molecule has 0 rings (SSSR count). The molecule has 124 valence electrons. The highest BCUT2D eigenvalue weighted by Crippen LogP contribution is 2.21. The molecule has 4 N–H and O–H groups in total. The number of nitrogens with one attached hydrogen (secondary N) is 1. The van der Waals surface area contributed by atoms with E-state index in [4.69, 9.17) is 10.8 Å². The molecule has 0 aliphatic rings. The minimum Gasteiger partial charge on any atom is -0.481 e. The van der Waals surface area contributed by atoms with Crippen LogP contribution in [0.25, 0.3) is 0 Å². The lowest BCUT2D eigenvalue weighted by Crippen LogP contribution is -2.35. The van der Waals surface area contributed by atoms with Crippen LogP contribution in [0.5, 0.6) is 0 Å². The number of amides is 1. The number of aliphatic carboxylic acids is 1. The van der Waals surface area contributed by atoms with Crippen molar-refractivity contribution in [3.63, 3.8) is 0 Å². The molecule has 5 nitrogen and oxygen atoms in total. The van der Waals surface area contributed by atoms with Gasteiger partial charge in [-0.15, -0.1) is 0 Å². The number of carbonyl (C=O) groups excluding carboxylic acids is 1. The third-order valence-corrected chi connectivity index (χ3v) is 3.54. The van der Waals surface area contributed by atoms with Crippen molar-refractivity contribution in [2.24, 2.45) is 17.1 Å². The molecule has 0 bridgehead atoms. The molecule has 21 heavy (non-hydrogen) atoms. The van der Waals surface area contributed by atoms with Crippen LogP contribution in [0, 0.1) is 11.3 Å². The van der Waals surface area contributed by atoms with Crippen LogP contribution < -0.4 is 11.1 Å². The maximum Gasteiger partial charge on any atom is 0.303 e. The second-order valence-corrected chi connectivity index (χ2v) is 7.07. The van der Waals surface area contributed by atoms with Gasteiger partial charge in [0.2, 0.25) is 5.91 Å². The topological polar surface area (TPSA) is 92.4 Å². The van der Waals surface area contributed by atoms with Crippen molar-refractivity contribution in [2.75, 3.05) is 6.54 Å². The van der Waals surface area contributed by atoms with E-state index in [9.17, 15) is 9.59 Å². The van der Waals surface area contributed by atoms with Gasteiger partial charge in [-0.1, -0.05) is 34.1 Å². The fraction of sp³-hybridized carbons (Fsp3) is 0.875. The van der Waals surface area contributed by atoms with Crippen LogP contribution in [0.15, 0.2) is 0 Å². The van der Waals surface area contributed by atoms with E-state index >= 15 is 0 Å². The number of hydrogen-bond donors (Lipinski definition) is 3. The molecular weight excluding hydrogens is 268 g/mol. The number of carboxylic acid groups (broad SMARTS) is 1.